The van der Waals surface area contributed by atoms with E-state index in [4.69, 9.17) is 10.3 Å². The quantitative estimate of drug-likeness (QED) is 0.337. The van der Waals surface area contributed by atoms with Crippen LogP contribution in [0.25, 0.3) is 10.4 Å². The number of azide groups is 1. The summed E-state index contributed by atoms with van der Waals surface area (Å²) in [5.41, 5.74) is 7.78. The summed E-state index contributed by atoms with van der Waals surface area (Å²) in [6.07, 6.45) is 3.82. The van der Waals surface area contributed by atoms with Gasteiger partial charge in [-0.1, -0.05) is 5.11 Å². The summed E-state index contributed by atoms with van der Waals surface area (Å²) >= 11 is 0. The fourth-order valence-electron chi connectivity index (χ4n) is 2.29. The van der Waals surface area contributed by atoms with Gasteiger partial charge in [0.25, 0.3) is 0 Å². The molecule has 0 N–H and O–H groups in total. The zero-order valence-electron chi connectivity index (χ0n) is 12.1. The zero-order valence-corrected chi connectivity index (χ0v) is 12.1. The molecule has 0 spiro atoms. The second-order valence-corrected chi connectivity index (χ2v) is 6.03. The average molecular weight is 268 g/mol. The summed E-state index contributed by atoms with van der Waals surface area (Å²) in [5.74, 6) is 0.496. The van der Waals surface area contributed by atoms with Gasteiger partial charge in [-0.2, -0.15) is 0 Å². The Morgan fingerprint density at radius 3 is 2.89 bits per heavy atom. The molecule has 1 aliphatic rings. The van der Waals surface area contributed by atoms with E-state index in [9.17, 15) is 4.79 Å². The Morgan fingerprint density at radius 2 is 2.26 bits per heavy atom. The fourth-order valence-corrected chi connectivity index (χ4v) is 2.29. The molecule has 108 valence electrons. The molecule has 19 heavy (non-hydrogen) atoms. The van der Waals surface area contributed by atoms with Crippen LogP contribution in [0, 0.1) is 5.92 Å². The minimum Gasteiger partial charge on any atom is -0.444 e. The first-order valence-electron chi connectivity index (χ1n) is 6.91. The van der Waals surface area contributed by atoms with Crippen molar-refractivity contribution in [2.75, 3.05) is 19.6 Å². The predicted molar refractivity (Wildman–Crippen MR) is 73.8 cm³/mol. The Hall–Kier alpha value is -1.42. The Kier molecular flexibility index (Phi) is 5.96. The lowest BCUT2D eigenvalue weighted by Gasteiger charge is -2.34. The van der Waals surface area contributed by atoms with Gasteiger partial charge in [0.05, 0.1) is 0 Å². The molecule has 0 aliphatic carbocycles. The number of hydrogen-bond acceptors (Lipinski definition) is 3. The summed E-state index contributed by atoms with van der Waals surface area (Å²) in [4.78, 5) is 16.5. The van der Waals surface area contributed by atoms with E-state index in [1.165, 1.54) is 0 Å². The van der Waals surface area contributed by atoms with Crippen LogP contribution >= 0.6 is 0 Å². The van der Waals surface area contributed by atoms with Crippen LogP contribution in [0.5, 0.6) is 0 Å². The second kappa shape index (κ2) is 7.24. The van der Waals surface area contributed by atoms with Crippen molar-refractivity contribution in [3.8, 4) is 0 Å². The molecule has 0 radical (unpaired) electrons. The average Bonchev–Trinajstić information content (AvgIpc) is 2.33. The van der Waals surface area contributed by atoms with Crippen molar-refractivity contribution in [2.24, 2.45) is 11.0 Å². The first-order valence-corrected chi connectivity index (χ1v) is 6.91. The van der Waals surface area contributed by atoms with Gasteiger partial charge in [-0.3, -0.25) is 0 Å². The summed E-state index contributed by atoms with van der Waals surface area (Å²) in [6.45, 7) is 7.72. The van der Waals surface area contributed by atoms with E-state index in [0.717, 1.165) is 38.8 Å². The van der Waals surface area contributed by atoms with Crippen LogP contribution in [0.4, 0.5) is 4.79 Å². The number of piperidine rings is 1. The molecule has 0 bridgehead atoms. The summed E-state index contributed by atoms with van der Waals surface area (Å²) < 4.78 is 5.39. The molecule has 1 aliphatic heterocycles. The van der Waals surface area contributed by atoms with Gasteiger partial charge < -0.3 is 9.64 Å². The van der Waals surface area contributed by atoms with Gasteiger partial charge in [-0.25, -0.2) is 4.79 Å². The van der Waals surface area contributed by atoms with Crippen molar-refractivity contribution in [3.05, 3.63) is 10.4 Å². The number of hydrogen-bond donors (Lipinski definition) is 0. The normalized spacial score (nSPS) is 19.7. The lowest BCUT2D eigenvalue weighted by molar-refractivity contribution is 0.0161. The summed E-state index contributed by atoms with van der Waals surface area (Å²) in [6, 6.07) is 0. The molecular weight excluding hydrogens is 244 g/mol. The standard InChI is InChI=1S/C13H24N4O2/c1-13(2,3)19-12(18)17-9-5-7-11(10-17)6-4-8-15-16-14/h11H,4-10H2,1-3H3. The maximum Gasteiger partial charge on any atom is 0.410 e. The third-order valence-corrected chi connectivity index (χ3v) is 3.10. The molecule has 6 nitrogen and oxygen atoms in total. The number of ether oxygens (including phenoxy) is 1. The molecule has 1 atom stereocenters. The van der Waals surface area contributed by atoms with Gasteiger partial charge in [0.1, 0.15) is 5.60 Å². The van der Waals surface area contributed by atoms with Crippen LogP contribution in [0.3, 0.4) is 0 Å². The Bertz CT molecular complexity index is 345. The number of carbonyl (C=O) groups is 1. The van der Waals surface area contributed by atoms with Crippen LogP contribution in [0.1, 0.15) is 46.5 Å². The number of amides is 1. The van der Waals surface area contributed by atoms with Gasteiger partial charge in [0.2, 0.25) is 0 Å². The highest BCUT2D eigenvalue weighted by molar-refractivity contribution is 5.68. The molecule has 0 saturated carbocycles. The fraction of sp³-hybridized carbons (Fsp3) is 0.923. The van der Waals surface area contributed by atoms with Gasteiger partial charge in [0.15, 0.2) is 0 Å². The van der Waals surface area contributed by atoms with Gasteiger partial charge in [-0.15, -0.1) is 0 Å². The van der Waals surface area contributed by atoms with Gasteiger partial charge in [0, 0.05) is 24.5 Å². The van der Waals surface area contributed by atoms with E-state index in [0.29, 0.717) is 12.5 Å². The number of rotatable bonds is 4. The van der Waals surface area contributed by atoms with Gasteiger partial charge >= 0.3 is 6.09 Å². The summed E-state index contributed by atoms with van der Waals surface area (Å²) in [5, 5.41) is 3.53. The van der Waals surface area contributed by atoms with E-state index >= 15 is 0 Å². The number of nitrogens with zero attached hydrogens (tertiary/aromatic N) is 4. The summed E-state index contributed by atoms with van der Waals surface area (Å²) in [7, 11) is 0. The van der Waals surface area contributed by atoms with Gasteiger partial charge in [-0.05, 0) is 57.9 Å². The number of likely N-dealkylation sites (tertiary alicyclic amines) is 1. The molecule has 1 saturated heterocycles. The molecule has 0 aromatic carbocycles. The lowest BCUT2D eigenvalue weighted by atomic mass is 9.94. The van der Waals surface area contributed by atoms with Crippen LogP contribution in [-0.2, 0) is 4.74 Å². The Morgan fingerprint density at radius 1 is 1.53 bits per heavy atom. The highest BCUT2D eigenvalue weighted by atomic mass is 16.6. The van der Waals surface area contributed by atoms with Crippen LogP contribution in [0.15, 0.2) is 5.11 Å². The molecule has 0 aromatic rings. The van der Waals surface area contributed by atoms with Crippen LogP contribution in [-0.4, -0.2) is 36.2 Å². The monoisotopic (exact) mass is 268 g/mol. The largest absolute Gasteiger partial charge is 0.444 e. The third-order valence-electron chi connectivity index (χ3n) is 3.10. The molecule has 1 fully saturated rings. The predicted octanol–water partition coefficient (Wildman–Crippen LogP) is 3.72. The molecule has 1 amide bonds. The minimum absolute atomic E-state index is 0.216. The molecular formula is C13H24N4O2. The van der Waals surface area contributed by atoms with Crippen molar-refractivity contribution < 1.29 is 9.53 Å². The van der Waals surface area contributed by atoms with E-state index in [1.54, 1.807) is 4.90 Å². The van der Waals surface area contributed by atoms with Crippen molar-refractivity contribution in [2.45, 2.75) is 52.1 Å². The molecule has 0 aromatic heterocycles. The van der Waals surface area contributed by atoms with Crippen molar-refractivity contribution in [1.29, 1.82) is 0 Å². The van der Waals surface area contributed by atoms with E-state index in [2.05, 4.69) is 10.0 Å². The first kappa shape index (κ1) is 15.6. The second-order valence-electron chi connectivity index (χ2n) is 6.03. The first-order chi connectivity index (χ1) is 8.92. The maximum atomic E-state index is 12.0. The van der Waals surface area contributed by atoms with Crippen molar-refractivity contribution >= 4 is 6.09 Å². The van der Waals surface area contributed by atoms with E-state index in [-0.39, 0.29) is 6.09 Å². The van der Waals surface area contributed by atoms with E-state index in [1.807, 2.05) is 20.8 Å². The lowest BCUT2D eigenvalue weighted by Crippen LogP contribution is -2.42. The van der Waals surface area contributed by atoms with Crippen LogP contribution in [0.2, 0.25) is 0 Å². The maximum absolute atomic E-state index is 12.0. The molecule has 6 heteroatoms. The Balaban J connectivity index is 2.37. The van der Waals surface area contributed by atoms with E-state index < -0.39 is 5.60 Å². The SMILES string of the molecule is CC(C)(C)OC(=O)N1CCCC(CCCN=[N+]=[N-])C1. The number of carbonyl (C=O) groups excluding carboxylic acids is 1. The topological polar surface area (TPSA) is 78.3 Å². The molecule has 1 heterocycles. The Labute approximate surface area is 114 Å². The van der Waals surface area contributed by atoms with Crippen LogP contribution < -0.4 is 0 Å². The smallest absolute Gasteiger partial charge is 0.410 e. The highest BCUT2D eigenvalue weighted by Crippen LogP contribution is 2.22. The zero-order chi connectivity index (χ0) is 14.3. The molecule has 1 unspecified atom stereocenters. The minimum atomic E-state index is -0.439. The molecule has 1 rings (SSSR count). The van der Waals surface area contributed by atoms with Crippen molar-refractivity contribution in [1.82, 2.24) is 4.90 Å². The van der Waals surface area contributed by atoms with Crippen molar-refractivity contribution in [3.63, 3.8) is 0 Å². The highest BCUT2D eigenvalue weighted by Gasteiger charge is 2.27. The third kappa shape index (κ3) is 6.34.